The van der Waals surface area contributed by atoms with E-state index < -0.39 is 0 Å². The van der Waals surface area contributed by atoms with Crippen LogP contribution >= 0.6 is 31.9 Å². The van der Waals surface area contributed by atoms with Crippen LogP contribution < -0.4 is 10.1 Å². The van der Waals surface area contributed by atoms with E-state index in [2.05, 4.69) is 44.1 Å². The molecule has 0 radical (unpaired) electrons. The molecule has 0 atom stereocenters. The van der Waals surface area contributed by atoms with Gasteiger partial charge < -0.3 is 10.1 Å². The fourth-order valence-corrected chi connectivity index (χ4v) is 2.64. The van der Waals surface area contributed by atoms with Crippen molar-refractivity contribution >= 4 is 37.8 Å². The fourth-order valence-electron chi connectivity index (χ4n) is 1.41. The van der Waals surface area contributed by atoms with Crippen LogP contribution in [0.15, 0.2) is 27.1 Å². The maximum absolute atomic E-state index is 11.5. The molecule has 18 heavy (non-hydrogen) atoms. The van der Waals surface area contributed by atoms with Crippen molar-refractivity contribution < 1.29 is 9.53 Å². The Labute approximate surface area is 125 Å². The molecular weight excluding hydrogens is 362 g/mol. The summed E-state index contributed by atoms with van der Waals surface area (Å²) in [5.74, 6) is 0.565. The second-order valence-electron chi connectivity index (χ2n) is 3.90. The molecule has 100 valence electrons. The third kappa shape index (κ3) is 5.40. The van der Waals surface area contributed by atoms with Crippen LogP contribution in [-0.2, 0) is 4.79 Å². The Morgan fingerprint density at radius 2 is 1.94 bits per heavy atom. The molecule has 1 rings (SSSR count). The lowest BCUT2D eigenvalue weighted by Crippen LogP contribution is -2.29. The highest BCUT2D eigenvalue weighted by atomic mass is 79.9. The molecule has 0 aliphatic rings. The quantitative estimate of drug-likeness (QED) is 0.730. The van der Waals surface area contributed by atoms with E-state index in [1.54, 1.807) is 0 Å². The van der Waals surface area contributed by atoms with E-state index >= 15 is 0 Å². The Morgan fingerprint density at radius 1 is 1.28 bits per heavy atom. The predicted octanol–water partition coefficient (Wildman–Crippen LogP) is 3.90. The van der Waals surface area contributed by atoms with Crippen LogP contribution in [0.5, 0.6) is 5.75 Å². The molecule has 0 aliphatic carbocycles. The minimum atomic E-state index is -0.0891. The zero-order valence-electron chi connectivity index (χ0n) is 10.3. The molecule has 1 aromatic rings. The van der Waals surface area contributed by atoms with E-state index in [4.69, 9.17) is 4.74 Å². The van der Waals surface area contributed by atoms with Gasteiger partial charge in [0.05, 0.1) is 8.95 Å². The zero-order valence-corrected chi connectivity index (χ0v) is 13.5. The van der Waals surface area contributed by atoms with Gasteiger partial charge in [-0.25, -0.2) is 0 Å². The summed E-state index contributed by atoms with van der Waals surface area (Å²) in [5.41, 5.74) is 0. The second-order valence-corrected chi connectivity index (χ2v) is 5.61. The van der Waals surface area contributed by atoms with Crippen LogP contribution in [-0.4, -0.2) is 19.1 Å². The van der Waals surface area contributed by atoms with Gasteiger partial charge in [-0.1, -0.05) is 25.8 Å². The zero-order chi connectivity index (χ0) is 13.4. The topological polar surface area (TPSA) is 38.3 Å². The Bertz CT molecular complexity index is 376. The third-order valence-electron chi connectivity index (χ3n) is 2.37. The van der Waals surface area contributed by atoms with Gasteiger partial charge in [-0.15, -0.1) is 0 Å². The number of ether oxygens (including phenoxy) is 1. The van der Waals surface area contributed by atoms with E-state index in [0.717, 1.165) is 28.2 Å². The van der Waals surface area contributed by atoms with Crippen molar-refractivity contribution in [3.05, 3.63) is 27.1 Å². The van der Waals surface area contributed by atoms with Gasteiger partial charge in [-0.3, -0.25) is 4.79 Å². The van der Waals surface area contributed by atoms with Gasteiger partial charge in [-0.2, -0.15) is 0 Å². The number of unbranched alkanes of at least 4 members (excludes halogenated alkanes) is 2. The summed E-state index contributed by atoms with van der Waals surface area (Å²) in [5, 5.41) is 2.83. The van der Waals surface area contributed by atoms with Crippen molar-refractivity contribution in [1.82, 2.24) is 5.32 Å². The standard InChI is InChI=1S/C13H17Br2NO2/c1-2-3-4-8-16-12(17)9-18-13-10(14)6-5-7-11(13)15/h5-7H,2-4,8-9H2,1H3,(H,16,17). The number of carbonyl (C=O) groups excluding carboxylic acids is 1. The molecule has 0 saturated carbocycles. The van der Waals surface area contributed by atoms with Gasteiger partial charge in [0, 0.05) is 6.54 Å². The highest BCUT2D eigenvalue weighted by molar-refractivity contribution is 9.11. The van der Waals surface area contributed by atoms with Crippen molar-refractivity contribution in [2.45, 2.75) is 26.2 Å². The molecule has 0 aliphatic heterocycles. The van der Waals surface area contributed by atoms with Crippen LogP contribution in [0.3, 0.4) is 0 Å². The maximum Gasteiger partial charge on any atom is 0.257 e. The number of carbonyl (C=O) groups is 1. The highest BCUT2D eigenvalue weighted by Crippen LogP contribution is 2.32. The molecular formula is C13H17Br2NO2. The molecule has 0 aromatic heterocycles. The molecule has 1 aromatic carbocycles. The lowest BCUT2D eigenvalue weighted by Gasteiger charge is -2.10. The largest absolute Gasteiger partial charge is 0.481 e. The first-order chi connectivity index (χ1) is 8.65. The van der Waals surface area contributed by atoms with E-state index in [0.29, 0.717) is 12.3 Å². The third-order valence-corrected chi connectivity index (χ3v) is 3.62. The summed E-state index contributed by atoms with van der Waals surface area (Å²) < 4.78 is 7.14. The Morgan fingerprint density at radius 3 is 2.56 bits per heavy atom. The van der Waals surface area contributed by atoms with Crippen LogP contribution in [0.25, 0.3) is 0 Å². The number of para-hydroxylation sites is 1. The lowest BCUT2D eigenvalue weighted by molar-refractivity contribution is -0.123. The summed E-state index contributed by atoms with van der Waals surface area (Å²) in [6.45, 7) is 2.88. The number of rotatable bonds is 7. The van der Waals surface area contributed by atoms with Crippen LogP contribution in [0.2, 0.25) is 0 Å². The highest BCUT2D eigenvalue weighted by Gasteiger charge is 2.08. The van der Waals surface area contributed by atoms with Crippen molar-refractivity contribution in [2.75, 3.05) is 13.2 Å². The minimum Gasteiger partial charge on any atom is -0.481 e. The average Bonchev–Trinajstić information content (AvgIpc) is 2.34. The molecule has 5 heteroatoms. The Kier molecular flexibility index (Phi) is 7.35. The first kappa shape index (κ1) is 15.5. The summed E-state index contributed by atoms with van der Waals surface area (Å²) in [6.07, 6.45) is 3.30. The molecule has 1 amide bonds. The fraction of sp³-hybridized carbons (Fsp3) is 0.462. The molecule has 0 bridgehead atoms. The summed E-state index contributed by atoms with van der Waals surface area (Å²) >= 11 is 6.77. The molecule has 1 N–H and O–H groups in total. The molecule has 0 fully saturated rings. The molecule has 0 spiro atoms. The minimum absolute atomic E-state index is 0.0351. The number of hydrogen-bond acceptors (Lipinski definition) is 2. The van der Waals surface area contributed by atoms with Crippen molar-refractivity contribution in [3.63, 3.8) is 0 Å². The predicted molar refractivity (Wildman–Crippen MR) is 79.9 cm³/mol. The summed E-state index contributed by atoms with van der Waals surface area (Å²) in [6, 6.07) is 5.64. The molecule has 0 heterocycles. The lowest BCUT2D eigenvalue weighted by atomic mass is 10.2. The van der Waals surface area contributed by atoms with Gasteiger partial charge in [0.1, 0.15) is 5.75 Å². The van der Waals surface area contributed by atoms with Crippen molar-refractivity contribution in [3.8, 4) is 5.75 Å². The van der Waals surface area contributed by atoms with E-state index in [1.807, 2.05) is 18.2 Å². The summed E-state index contributed by atoms with van der Waals surface area (Å²) in [4.78, 5) is 11.5. The molecule has 0 unspecified atom stereocenters. The SMILES string of the molecule is CCCCCNC(=O)COc1c(Br)cccc1Br. The average molecular weight is 379 g/mol. The van der Waals surface area contributed by atoms with Crippen LogP contribution in [0.4, 0.5) is 0 Å². The monoisotopic (exact) mass is 377 g/mol. The number of halogens is 2. The summed E-state index contributed by atoms with van der Waals surface area (Å²) in [7, 11) is 0. The Balaban J connectivity index is 2.34. The Hall–Kier alpha value is -0.550. The second kappa shape index (κ2) is 8.53. The number of benzene rings is 1. The normalized spacial score (nSPS) is 10.2. The van der Waals surface area contributed by atoms with Gasteiger partial charge >= 0.3 is 0 Å². The van der Waals surface area contributed by atoms with Crippen LogP contribution in [0, 0.1) is 0 Å². The maximum atomic E-state index is 11.5. The smallest absolute Gasteiger partial charge is 0.257 e. The molecule has 0 saturated heterocycles. The van der Waals surface area contributed by atoms with E-state index in [-0.39, 0.29) is 12.5 Å². The number of amides is 1. The van der Waals surface area contributed by atoms with Crippen LogP contribution in [0.1, 0.15) is 26.2 Å². The van der Waals surface area contributed by atoms with Gasteiger partial charge in [0.15, 0.2) is 6.61 Å². The number of hydrogen-bond donors (Lipinski definition) is 1. The van der Waals surface area contributed by atoms with Gasteiger partial charge in [-0.05, 0) is 50.4 Å². The van der Waals surface area contributed by atoms with E-state index in [1.165, 1.54) is 0 Å². The van der Waals surface area contributed by atoms with Crippen molar-refractivity contribution in [2.24, 2.45) is 0 Å². The molecule has 3 nitrogen and oxygen atoms in total. The first-order valence-corrected chi connectivity index (χ1v) is 7.57. The van der Waals surface area contributed by atoms with Gasteiger partial charge in [0.25, 0.3) is 5.91 Å². The first-order valence-electron chi connectivity index (χ1n) is 5.98. The van der Waals surface area contributed by atoms with E-state index in [9.17, 15) is 4.79 Å². The number of nitrogens with one attached hydrogen (secondary N) is 1. The van der Waals surface area contributed by atoms with Gasteiger partial charge in [0.2, 0.25) is 0 Å². The van der Waals surface area contributed by atoms with Crippen molar-refractivity contribution in [1.29, 1.82) is 0 Å².